The molecular formula is C42H44O6. The van der Waals surface area contributed by atoms with Crippen LogP contribution in [-0.4, -0.2) is 47.4 Å². The lowest BCUT2D eigenvalue weighted by Crippen LogP contribution is -2.40. The van der Waals surface area contributed by atoms with Gasteiger partial charge in [-0.2, -0.15) is 0 Å². The Labute approximate surface area is 284 Å². The lowest BCUT2D eigenvalue weighted by Gasteiger charge is -2.39. The summed E-state index contributed by atoms with van der Waals surface area (Å²) in [4.78, 5) is 12.9. The molecule has 1 aliphatic rings. The number of aliphatic hydroxyl groups is 1. The third-order valence-corrected chi connectivity index (χ3v) is 8.29. The highest BCUT2D eigenvalue weighted by molar-refractivity contribution is 5.87. The molecule has 4 aromatic carbocycles. The molecule has 0 unspecified atom stereocenters. The first-order chi connectivity index (χ1) is 23.2. The number of aliphatic hydroxyl groups excluding tert-OH is 1. The molecule has 0 radical (unpaired) electrons. The first-order valence-electron chi connectivity index (χ1n) is 16.3. The van der Waals surface area contributed by atoms with Crippen molar-refractivity contribution in [1.82, 2.24) is 0 Å². The summed E-state index contributed by atoms with van der Waals surface area (Å²) >= 11 is 0. The van der Waals surface area contributed by atoms with Gasteiger partial charge in [0.15, 0.2) is 5.79 Å². The Balaban J connectivity index is 1.38. The van der Waals surface area contributed by atoms with Crippen LogP contribution in [0.2, 0.25) is 0 Å². The molecule has 48 heavy (non-hydrogen) atoms. The van der Waals surface area contributed by atoms with Gasteiger partial charge in [0.25, 0.3) is 0 Å². The second-order valence-corrected chi connectivity index (χ2v) is 12.3. The molecule has 0 aliphatic carbocycles. The zero-order valence-electron chi connectivity index (χ0n) is 27.7. The van der Waals surface area contributed by atoms with Gasteiger partial charge in [-0.3, -0.25) is 0 Å². The predicted octanol–water partition coefficient (Wildman–Crippen LogP) is 8.02. The molecule has 248 valence electrons. The van der Waals surface area contributed by atoms with Crippen LogP contribution in [0.25, 0.3) is 6.08 Å². The summed E-state index contributed by atoms with van der Waals surface area (Å²) in [6.45, 7) is 9.34. The van der Waals surface area contributed by atoms with Gasteiger partial charge < -0.3 is 24.1 Å². The molecule has 5 rings (SSSR count). The number of hydrogen-bond acceptors (Lipinski definition) is 6. The van der Waals surface area contributed by atoms with Crippen molar-refractivity contribution >= 4 is 12.0 Å². The molecule has 1 fully saturated rings. The van der Waals surface area contributed by atoms with Crippen molar-refractivity contribution in [2.75, 3.05) is 0 Å². The topological polar surface area (TPSA) is 74.2 Å². The zero-order chi connectivity index (χ0) is 34.0. The lowest BCUT2D eigenvalue weighted by molar-refractivity contribution is -0.167. The number of rotatable bonds is 14. The van der Waals surface area contributed by atoms with E-state index in [1.165, 1.54) is 6.08 Å². The molecule has 6 nitrogen and oxygen atoms in total. The molecule has 1 aliphatic heterocycles. The Morgan fingerprint density at radius 1 is 0.854 bits per heavy atom. The molecule has 0 bridgehead atoms. The maximum atomic E-state index is 12.9. The number of hydrogen-bond donors (Lipinski definition) is 1. The van der Waals surface area contributed by atoms with Crippen LogP contribution in [0.1, 0.15) is 49.4 Å². The molecule has 1 N–H and O–H groups in total. The Morgan fingerprint density at radius 3 is 1.85 bits per heavy atom. The summed E-state index contributed by atoms with van der Waals surface area (Å²) in [6.07, 6.45) is 5.01. The summed E-state index contributed by atoms with van der Waals surface area (Å²) in [7, 11) is 0. The van der Waals surface area contributed by atoms with Gasteiger partial charge in [0.2, 0.25) is 0 Å². The smallest absolute Gasteiger partial charge is 0.331 e. The maximum Gasteiger partial charge on any atom is 0.331 e. The van der Waals surface area contributed by atoms with Crippen molar-refractivity contribution in [1.29, 1.82) is 0 Å². The zero-order valence-corrected chi connectivity index (χ0v) is 27.7. The van der Waals surface area contributed by atoms with Crippen molar-refractivity contribution in [3.05, 3.63) is 174 Å². The van der Waals surface area contributed by atoms with E-state index in [4.69, 9.17) is 18.9 Å². The molecule has 5 atom stereocenters. The average molecular weight is 645 g/mol. The molecule has 0 saturated carbocycles. The van der Waals surface area contributed by atoms with E-state index < -0.39 is 47.9 Å². The van der Waals surface area contributed by atoms with Crippen LogP contribution in [0.3, 0.4) is 0 Å². The minimum atomic E-state index is -1.01. The number of ether oxygens (including phenoxy) is 4. The predicted molar refractivity (Wildman–Crippen MR) is 189 cm³/mol. The van der Waals surface area contributed by atoms with E-state index in [2.05, 4.69) is 6.58 Å². The van der Waals surface area contributed by atoms with Crippen LogP contribution < -0.4 is 0 Å². The fourth-order valence-electron chi connectivity index (χ4n) is 6.04. The van der Waals surface area contributed by atoms with Gasteiger partial charge in [0.05, 0.1) is 12.2 Å². The Morgan fingerprint density at radius 2 is 1.35 bits per heavy atom. The minimum Gasteiger partial charge on any atom is -0.456 e. The van der Waals surface area contributed by atoms with Crippen molar-refractivity contribution in [3.8, 4) is 0 Å². The van der Waals surface area contributed by atoms with Crippen molar-refractivity contribution < 1.29 is 28.8 Å². The largest absolute Gasteiger partial charge is 0.456 e. The van der Waals surface area contributed by atoms with Crippen LogP contribution in [0.4, 0.5) is 0 Å². The Kier molecular flexibility index (Phi) is 11.6. The number of benzene rings is 4. The van der Waals surface area contributed by atoms with Gasteiger partial charge >= 0.3 is 5.97 Å². The van der Waals surface area contributed by atoms with E-state index in [1.54, 1.807) is 24.3 Å². The first-order valence-corrected chi connectivity index (χ1v) is 16.3. The molecule has 6 heteroatoms. The summed E-state index contributed by atoms with van der Waals surface area (Å²) < 4.78 is 25.3. The summed E-state index contributed by atoms with van der Waals surface area (Å²) in [5.41, 5.74) is 2.71. The molecule has 0 aromatic heterocycles. The highest BCUT2D eigenvalue weighted by atomic mass is 16.8. The summed E-state index contributed by atoms with van der Waals surface area (Å²) in [5.74, 6) is -1.44. The van der Waals surface area contributed by atoms with Crippen molar-refractivity contribution in [3.63, 3.8) is 0 Å². The minimum absolute atomic E-state index is 0.356. The van der Waals surface area contributed by atoms with Crippen LogP contribution in [0, 0.1) is 0 Å². The van der Waals surface area contributed by atoms with Crippen LogP contribution in [-0.2, 0) is 29.3 Å². The summed E-state index contributed by atoms with van der Waals surface area (Å²) in [6, 6.07) is 39.7. The van der Waals surface area contributed by atoms with Crippen LogP contribution in [0.5, 0.6) is 0 Å². The molecule has 1 saturated heterocycles. The first kappa shape index (κ1) is 34.7. The quantitative estimate of drug-likeness (QED) is 0.0649. The molecular weight excluding hydrogens is 600 g/mol. The van der Waals surface area contributed by atoms with Gasteiger partial charge in [-0.25, -0.2) is 4.79 Å². The third kappa shape index (κ3) is 8.46. The van der Waals surface area contributed by atoms with Gasteiger partial charge in [0, 0.05) is 12.5 Å². The number of carbonyl (C=O) groups is 1. The van der Waals surface area contributed by atoms with E-state index in [0.717, 1.165) is 22.3 Å². The van der Waals surface area contributed by atoms with E-state index in [-0.39, 0.29) is 0 Å². The second kappa shape index (κ2) is 16.0. The second-order valence-electron chi connectivity index (χ2n) is 12.3. The van der Waals surface area contributed by atoms with Gasteiger partial charge in [-0.05, 0) is 49.1 Å². The van der Waals surface area contributed by atoms with E-state index in [9.17, 15) is 9.90 Å². The van der Waals surface area contributed by atoms with Crippen LogP contribution >= 0.6 is 0 Å². The molecule has 1 heterocycles. The standard InChI is InChI=1S/C42H44O6/c1-5-18-37(45-39(44)30-27-32-19-10-6-11-20-32)40-38(47-41(3,4)48-40)29-28-36(43)31(2)46-42(33-21-12-7-13-22-33,34-23-14-8-15-24-34)35-25-16-9-17-26-35/h5-17,19-31,36-38,40,43H,1,18H2,2-4H3/b29-28+,30-27+/t31-,36-,37+,38-,40-/m0/s1. The normalized spacial score (nSPS) is 19.6. The lowest BCUT2D eigenvalue weighted by atomic mass is 9.80. The maximum absolute atomic E-state index is 12.9. The number of carbonyl (C=O) groups excluding carboxylic acids is 1. The molecule has 4 aromatic rings. The Hall–Kier alpha value is -4.59. The highest BCUT2D eigenvalue weighted by Gasteiger charge is 2.45. The van der Waals surface area contributed by atoms with Crippen LogP contribution in [0.15, 0.2) is 152 Å². The van der Waals surface area contributed by atoms with Gasteiger partial charge in [0.1, 0.15) is 23.9 Å². The van der Waals surface area contributed by atoms with Gasteiger partial charge in [-0.1, -0.05) is 140 Å². The van der Waals surface area contributed by atoms with Gasteiger partial charge in [-0.15, -0.1) is 6.58 Å². The average Bonchev–Trinajstić information content (AvgIpc) is 3.43. The monoisotopic (exact) mass is 644 g/mol. The van der Waals surface area contributed by atoms with E-state index in [1.807, 2.05) is 142 Å². The SMILES string of the molecule is C=CC[C@@H](OC(=O)/C=C/c1ccccc1)[C@@H]1OC(C)(C)O[C@H]1/C=C/[C@H](O)[C@H](C)OC(c1ccccc1)(c1ccccc1)c1ccccc1. The summed E-state index contributed by atoms with van der Waals surface area (Å²) in [5, 5.41) is 11.5. The van der Waals surface area contributed by atoms with E-state index in [0.29, 0.717) is 6.42 Å². The third-order valence-electron chi connectivity index (χ3n) is 8.29. The fourth-order valence-corrected chi connectivity index (χ4v) is 6.04. The molecule has 0 amide bonds. The fraction of sp³-hybridized carbons (Fsp3) is 0.262. The van der Waals surface area contributed by atoms with Crippen molar-refractivity contribution in [2.24, 2.45) is 0 Å². The molecule has 0 spiro atoms. The van der Waals surface area contributed by atoms with Crippen molar-refractivity contribution in [2.45, 2.75) is 69.1 Å². The number of esters is 1. The van der Waals surface area contributed by atoms with E-state index >= 15 is 0 Å². The Bertz CT molecular complexity index is 1550. The highest BCUT2D eigenvalue weighted by Crippen LogP contribution is 2.42.